The van der Waals surface area contributed by atoms with Crippen molar-refractivity contribution in [3.63, 3.8) is 0 Å². The highest BCUT2D eigenvalue weighted by atomic mass is 35.5. The van der Waals surface area contributed by atoms with Gasteiger partial charge in [0, 0.05) is 36.5 Å². The van der Waals surface area contributed by atoms with Crippen LogP contribution in [0.15, 0.2) is 60.8 Å². The Bertz CT molecular complexity index is 1020. The molecule has 2 heterocycles. The molecule has 0 radical (unpaired) electrons. The van der Waals surface area contributed by atoms with Crippen molar-refractivity contribution < 1.29 is 4.79 Å². The molecule has 0 spiro atoms. The van der Waals surface area contributed by atoms with E-state index in [1.54, 1.807) is 0 Å². The van der Waals surface area contributed by atoms with Gasteiger partial charge in [0.1, 0.15) is 5.82 Å². The van der Waals surface area contributed by atoms with Crippen molar-refractivity contribution >= 4 is 24.0 Å². The molecule has 0 bridgehead atoms. The lowest BCUT2D eigenvalue weighted by molar-refractivity contribution is -0.124. The number of H-pyrrole nitrogens is 1. The van der Waals surface area contributed by atoms with Gasteiger partial charge in [-0.25, -0.2) is 4.98 Å². The van der Waals surface area contributed by atoms with E-state index in [9.17, 15) is 4.79 Å². The minimum atomic E-state index is 0. The normalized spacial score (nSPS) is 15.9. The molecule has 6 heteroatoms. The second kappa shape index (κ2) is 10.8. The first-order valence-corrected chi connectivity index (χ1v) is 10.6. The second-order valence-electron chi connectivity index (χ2n) is 7.90. The number of carbonyl (C=O) groups excluding carboxylic acids is 1. The minimum Gasteiger partial charge on any atom is -0.346 e. The number of aromatic amines is 1. The fourth-order valence-corrected chi connectivity index (χ4v) is 4.13. The Hall–Kier alpha value is -3.10. The van der Waals surface area contributed by atoms with Gasteiger partial charge in [-0.05, 0) is 61.9 Å². The number of amides is 1. The van der Waals surface area contributed by atoms with E-state index in [4.69, 9.17) is 5.26 Å². The number of aromatic nitrogens is 2. The zero-order chi connectivity index (χ0) is 20.8. The molecule has 0 aliphatic carbocycles. The van der Waals surface area contributed by atoms with Crippen LogP contribution in [0.3, 0.4) is 0 Å². The molecule has 1 N–H and O–H groups in total. The minimum absolute atomic E-state index is 0. The highest BCUT2D eigenvalue weighted by Gasteiger charge is 2.29. The molecule has 1 unspecified atom stereocenters. The van der Waals surface area contributed by atoms with Crippen molar-refractivity contribution in [3.8, 4) is 6.07 Å². The quantitative estimate of drug-likeness (QED) is 0.564. The summed E-state index contributed by atoms with van der Waals surface area (Å²) in [6.07, 6.45) is 7.44. The average molecular weight is 435 g/mol. The summed E-state index contributed by atoms with van der Waals surface area (Å²) in [6, 6.07) is 19.7. The number of rotatable bonds is 7. The molecule has 1 aliphatic rings. The molecule has 0 saturated carbocycles. The van der Waals surface area contributed by atoms with Gasteiger partial charge < -0.3 is 9.88 Å². The summed E-state index contributed by atoms with van der Waals surface area (Å²) >= 11 is 0. The Balaban J connectivity index is 0.00000272. The first-order valence-electron chi connectivity index (χ1n) is 10.6. The van der Waals surface area contributed by atoms with E-state index in [1.807, 2.05) is 65.7 Å². The Morgan fingerprint density at radius 3 is 2.65 bits per heavy atom. The largest absolute Gasteiger partial charge is 0.346 e. The fourth-order valence-electron chi connectivity index (χ4n) is 4.13. The summed E-state index contributed by atoms with van der Waals surface area (Å²) in [6.45, 7) is 0.818. The van der Waals surface area contributed by atoms with Gasteiger partial charge >= 0.3 is 0 Å². The average Bonchev–Trinajstić information content (AvgIpc) is 3.23. The Morgan fingerprint density at radius 1 is 1.13 bits per heavy atom. The summed E-state index contributed by atoms with van der Waals surface area (Å²) < 4.78 is 0. The van der Waals surface area contributed by atoms with Crippen LogP contribution in [0.1, 0.15) is 48.3 Å². The number of nitrogens with zero attached hydrogens (tertiary/aromatic N) is 3. The number of imidazole rings is 1. The molecule has 5 nitrogen and oxygen atoms in total. The van der Waals surface area contributed by atoms with E-state index in [2.05, 4.69) is 16.0 Å². The summed E-state index contributed by atoms with van der Waals surface area (Å²) in [5.41, 5.74) is 3.92. The zero-order valence-corrected chi connectivity index (χ0v) is 18.3. The molecule has 3 aromatic rings. The van der Waals surface area contributed by atoms with Crippen molar-refractivity contribution in [1.29, 1.82) is 5.26 Å². The number of para-hydroxylation sites is 1. The first-order chi connectivity index (χ1) is 14.7. The number of hydrogen-bond acceptors (Lipinski definition) is 3. The highest BCUT2D eigenvalue weighted by Crippen LogP contribution is 2.27. The van der Waals surface area contributed by atoms with Crippen LogP contribution in [0.4, 0.5) is 5.69 Å². The third-order valence-electron chi connectivity index (χ3n) is 5.75. The molecule has 1 aromatic heterocycles. The molecule has 4 rings (SSSR count). The lowest BCUT2D eigenvalue weighted by Crippen LogP contribution is -2.41. The van der Waals surface area contributed by atoms with Crippen molar-refractivity contribution in [2.24, 2.45) is 5.92 Å². The molecule has 31 heavy (non-hydrogen) atoms. The zero-order valence-electron chi connectivity index (χ0n) is 17.5. The van der Waals surface area contributed by atoms with Gasteiger partial charge in [-0.3, -0.25) is 4.79 Å². The van der Waals surface area contributed by atoms with Crippen molar-refractivity contribution in [1.82, 2.24) is 9.97 Å². The number of benzene rings is 2. The Morgan fingerprint density at radius 2 is 1.90 bits per heavy atom. The topological polar surface area (TPSA) is 72.8 Å². The van der Waals surface area contributed by atoms with E-state index < -0.39 is 0 Å². The van der Waals surface area contributed by atoms with Crippen LogP contribution in [0.5, 0.6) is 0 Å². The maximum absolute atomic E-state index is 12.9. The highest BCUT2D eigenvalue weighted by molar-refractivity contribution is 5.95. The van der Waals surface area contributed by atoms with Crippen molar-refractivity contribution in [2.45, 2.75) is 38.5 Å². The van der Waals surface area contributed by atoms with Gasteiger partial charge in [-0.15, -0.1) is 12.4 Å². The second-order valence-corrected chi connectivity index (χ2v) is 7.90. The van der Waals surface area contributed by atoms with Crippen LogP contribution in [0, 0.1) is 17.2 Å². The van der Waals surface area contributed by atoms with Crippen LogP contribution < -0.4 is 4.90 Å². The predicted octanol–water partition coefficient (Wildman–Crippen LogP) is 5.06. The number of aryl methyl sites for hydroxylation is 1. The molecule has 1 aliphatic heterocycles. The number of carbonyl (C=O) groups is 1. The number of hydrogen-bond donors (Lipinski definition) is 1. The van der Waals surface area contributed by atoms with Gasteiger partial charge in [0.05, 0.1) is 11.6 Å². The number of piperidine rings is 1. The summed E-state index contributed by atoms with van der Waals surface area (Å²) in [5, 5.41) is 8.89. The van der Waals surface area contributed by atoms with Gasteiger partial charge in [-0.1, -0.05) is 30.3 Å². The van der Waals surface area contributed by atoms with Gasteiger partial charge in [0.25, 0.3) is 0 Å². The van der Waals surface area contributed by atoms with Crippen LogP contribution in [-0.2, 0) is 17.6 Å². The van der Waals surface area contributed by atoms with E-state index in [1.165, 1.54) is 0 Å². The van der Waals surface area contributed by atoms with Crippen LogP contribution in [-0.4, -0.2) is 22.4 Å². The van der Waals surface area contributed by atoms with Crippen molar-refractivity contribution in [3.05, 3.63) is 83.4 Å². The molecule has 1 amide bonds. The summed E-state index contributed by atoms with van der Waals surface area (Å²) in [7, 11) is 0. The smallest absolute Gasteiger partial charge is 0.230 e. The molecule has 160 valence electrons. The van der Waals surface area contributed by atoms with Gasteiger partial charge in [0.15, 0.2) is 0 Å². The molecule has 1 atom stereocenters. The summed E-state index contributed by atoms with van der Waals surface area (Å²) in [4.78, 5) is 22.7. The number of halogens is 1. The third kappa shape index (κ3) is 5.74. The van der Waals surface area contributed by atoms with E-state index in [0.717, 1.165) is 67.8 Å². The van der Waals surface area contributed by atoms with Gasteiger partial charge in [-0.2, -0.15) is 5.26 Å². The van der Waals surface area contributed by atoms with Crippen LogP contribution in [0.25, 0.3) is 0 Å². The number of anilines is 1. The maximum atomic E-state index is 12.9. The molecule has 2 aromatic carbocycles. The van der Waals surface area contributed by atoms with Crippen molar-refractivity contribution in [2.75, 3.05) is 11.4 Å². The monoisotopic (exact) mass is 434 g/mol. The summed E-state index contributed by atoms with van der Waals surface area (Å²) in [5.74, 6) is 1.30. The lowest BCUT2D eigenvalue weighted by Gasteiger charge is -2.32. The van der Waals surface area contributed by atoms with E-state index in [0.29, 0.717) is 5.56 Å². The van der Waals surface area contributed by atoms with Gasteiger partial charge in [0.2, 0.25) is 5.91 Å². The third-order valence-corrected chi connectivity index (χ3v) is 5.75. The molecular weight excluding hydrogens is 408 g/mol. The standard InChI is InChI=1S/C25H26N4O.ClH/c26-17-20-13-11-19(12-14-20)16-24-27-18-22(28-24)8-4-6-21-7-5-15-29(25(21)30)23-9-2-1-3-10-23;/h1-3,9-14,18,21H,4-8,15-16H2,(H,27,28);1H. The van der Waals surface area contributed by atoms with Crippen LogP contribution >= 0.6 is 12.4 Å². The first kappa shape index (κ1) is 22.6. The Labute approximate surface area is 189 Å². The fraction of sp³-hybridized carbons (Fsp3) is 0.320. The molecule has 1 saturated heterocycles. The number of nitrogens with one attached hydrogen (secondary N) is 1. The SMILES string of the molecule is Cl.N#Cc1ccc(Cc2ncc(CCCC3CCCN(c4ccccc4)C3=O)[nH]2)cc1. The molecular formula is C25H27ClN4O. The number of nitriles is 1. The molecule has 1 fully saturated rings. The lowest BCUT2D eigenvalue weighted by atomic mass is 9.91. The maximum Gasteiger partial charge on any atom is 0.230 e. The predicted molar refractivity (Wildman–Crippen MR) is 124 cm³/mol. The van der Waals surface area contributed by atoms with E-state index >= 15 is 0 Å². The van der Waals surface area contributed by atoms with E-state index in [-0.39, 0.29) is 24.2 Å². The van der Waals surface area contributed by atoms with Crippen LogP contribution in [0.2, 0.25) is 0 Å². The Kier molecular flexibility index (Phi) is 7.86.